The molecule has 3 rings (SSSR count). The van der Waals surface area contributed by atoms with Crippen LogP contribution in [0, 0.1) is 0 Å². The number of rotatable bonds is 2. The second kappa shape index (κ2) is 5.07. The van der Waals surface area contributed by atoms with E-state index >= 15 is 0 Å². The van der Waals surface area contributed by atoms with E-state index in [9.17, 15) is 0 Å². The number of nitrogens with zero attached hydrogens (tertiary/aromatic N) is 3. The van der Waals surface area contributed by atoms with E-state index in [1.807, 2.05) is 29.0 Å². The second-order valence-corrected chi connectivity index (χ2v) is 5.30. The smallest absolute Gasteiger partial charge is 0.253 e. The Bertz CT molecular complexity index is 794. The molecule has 2 aromatic heterocycles. The van der Waals surface area contributed by atoms with Crippen molar-refractivity contribution in [1.29, 1.82) is 0 Å². The van der Waals surface area contributed by atoms with Crippen LogP contribution in [0.25, 0.3) is 22.2 Å². The first-order chi connectivity index (χ1) is 9.63. The number of nitrogens with two attached hydrogens (primary N) is 2. The average Bonchev–Trinajstić information content (AvgIpc) is 2.91. The van der Waals surface area contributed by atoms with Crippen LogP contribution in [0.5, 0.6) is 0 Å². The minimum atomic E-state index is -0.0745. The fourth-order valence-electron chi connectivity index (χ4n) is 1.87. The van der Waals surface area contributed by atoms with Gasteiger partial charge in [-0.3, -0.25) is 0 Å². The summed E-state index contributed by atoms with van der Waals surface area (Å²) in [6.07, 6.45) is 0. The average molecular weight is 304 g/mol. The standard InChI is InChI=1S/C13H10ClN5S/c14-8-1-2-10-9(5-8)11(7-3-4-20-6-7)18-13(17-10)19-12(15)16/h1-6H,(H4,15,16,17,18,19). The normalized spacial score (nSPS) is 10.7. The predicted molar refractivity (Wildman–Crippen MR) is 83.3 cm³/mol. The van der Waals surface area contributed by atoms with Crippen LogP contribution in [-0.2, 0) is 0 Å². The van der Waals surface area contributed by atoms with E-state index in [4.69, 9.17) is 23.1 Å². The maximum atomic E-state index is 6.06. The molecule has 4 N–H and O–H groups in total. The van der Waals surface area contributed by atoms with Gasteiger partial charge in [0.15, 0.2) is 5.96 Å². The zero-order valence-electron chi connectivity index (χ0n) is 10.2. The third-order valence-corrected chi connectivity index (χ3v) is 3.59. The lowest BCUT2D eigenvalue weighted by Gasteiger charge is -2.06. The van der Waals surface area contributed by atoms with E-state index in [0.29, 0.717) is 5.02 Å². The van der Waals surface area contributed by atoms with Gasteiger partial charge in [-0.05, 0) is 29.6 Å². The Kier molecular flexibility index (Phi) is 3.25. The maximum Gasteiger partial charge on any atom is 0.253 e. The van der Waals surface area contributed by atoms with Crippen LogP contribution >= 0.6 is 22.9 Å². The van der Waals surface area contributed by atoms with Gasteiger partial charge < -0.3 is 11.5 Å². The number of thiophene rings is 1. The molecule has 0 spiro atoms. The van der Waals surface area contributed by atoms with Crippen molar-refractivity contribution in [3.8, 4) is 11.3 Å². The molecule has 0 aliphatic heterocycles. The zero-order valence-corrected chi connectivity index (χ0v) is 11.8. The van der Waals surface area contributed by atoms with Gasteiger partial charge in [0, 0.05) is 21.4 Å². The molecule has 0 aliphatic carbocycles. The van der Waals surface area contributed by atoms with Crippen molar-refractivity contribution in [3.05, 3.63) is 40.0 Å². The maximum absolute atomic E-state index is 6.06. The Labute approximate surface area is 123 Å². The fourth-order valence-corrected chi connectivity index (χ4v) is 2.69. The zero-order chi connectivity index (χ0) is 14.1. The summed E-state index contributed by atoms with van der Waals surface area (Å²) in [7, 11) is 0. The number of hydrogen-bond donors (Lipinski definition) is 2. The summed E-state index contributed by atoms with van der Waals surface area (Å²) in [5, 5.41) is 5.48. The van der Waals surface area contributed by atoms with E-state index in [1.165, 1.54) is 0 Å². The summed E-state index contributed by atoms with van der Waals surface area (Å²) in [5.74, 6) is 0.163. The van der Waals surface area contributed by atoms with E-state index in [2.05, 4.69) is 15.0 Å². The van der Waals surface area contributed by atoms with Gasteiger partial charge in [0.1, 0.15) is 0 Å². The number of guanidine groups is 1. The lowest BCUT2D eigenvalue weighted by Crippen LogP contribution is -2.22. The van der Waals surface area contributed by atoms with Gasteiger partial charge in [-0.25, -0.2) is 9.97 Å². The third-order valence-electron chi connectivity index (χ3n) is 2.67. The molecule has 0 radical (unpaired) electrons. The highest BCUT2D eigenvalue weighted by molar-refractivity contribution is 7.08. The molecule has 0 unspecified atom stereocenters. The van der Waals surface area contributed by atoms with Crippen molar-refractivity contribution in [2.24, 2.45) is 16.5 Å². The Balaban J connectivity index is 2.33. The third kappa shape index (κ3) is 2.43. The SMILES string of the molecule is NC(N)=Nc1nc(-c2ccsc2)c2cc(Cl)ccc2n1. The van der Waals surface area contributed by atoms with Crippen LogP contribution in [0.3, 0.4) is 0 Å². The molecule has 0 saturated carbocycles. The van der Waals surface area contributed by atoms with Crippen LogP contribution < -0.4 is 11.5 Å². The Hall–Kier alpha value is -2.18. The van der Waals surface area contributed by atoms with E-state index in [0.717, 1.165) is 22.2 Å². The molecule has 20 heavy (non-hydrogen) atoms. The Morgan fingerprint density at radius 2 is 2.05 bits per heavy atom. The fraction of sp³-hybridized carbons (Fsp3) is 0. The second-order valence-electron chi connectivity index (χ2n) is 4.08. The van der Waals surface area contributed by atoms with Crippen LogP contribution in [0.4, 0.5) is 5.95 Å². The summed E-state index contributed by atoms with van der Waals surface area (Å²) in [6, 6.07) is 7.41. The molecule has 1 aromatic carbocycles. The predicted octanol–water partition coefficient (Wildman–Crippen LogP) is 2.92. The first-order valence-corrected chi connectivity index (χ1v) is 7.05. The number of halogens is 1. The van der Waals surface area contributed by atoms with Gasteiger partial charge in [0.05, 0.1) is 11.2 Å². The van der Waals surface area contributed by atoms with Crippen LogP contribution in [0.1, 0.15) is 0 Å². The van der Waals surface area contributed by atoms with Gasteiger partial charge in [0.25, 0.3) is 5.95 Å². The molecule has 3 aromatic rings. The molecular weight excluding hydrogens is 294 g/mol. The molecule has 0 fully saturated rings. The molecule has 0 aliphatic rings. The minimum Gasteiger partial charge on any atom is -0.370 e. The van der Waals surface area contributed by atoms with Crippen LogP contribution in [0.15, 0.2) is 40.0 Å². The number of aromatic nitrogens is 2. The van der Waals surface area contributed by atoms with Gasteiger partial charge in [-0.1, -0.05) is 11.6 Å². The topological polar surface area (TPSA) is 90.2 Å². The van der Waals surface area contributed by atoms with Gasteiger partial charge >= 0.3 is 0 Å². The summed E-state index contributed by atoms with van der Waals surface area (Å²) in [5.41, 5.74) is 13.3. The summed E-state index contributed by atoms with van der Waals surface area (Å²) >= 11 is 7.64. The molecule has 0 bridgehead atoms. The molecule has 0 saturated heterocycles. The van der Waals surface area contributed by atoms with Crippen molar-refractivity contribution in [2.45, 2.75) is 0 Å². The van der Waals surface area contributed by atoms with Crippen molar-refractivity contribution < 1.29 is 0 Å². The van der Waals surface area contributed by atoms with Crippen LogP contribution in [-0.4, -0.2) is 15.9 Å². The van der Waals surface area contributed by atoms with Gasteiger partial charge in [0.2, 0.25) is 0 Å². The highest BCUT2D eigenvalue weighted by Crippen LogP contribution is 2.31. The highest BCUT2D eigenvalue weighted by atomic mass is 35.5. The lowest BCUT2D eigenvalue weighted by molar-refractivity contribution is 1.17. The quantitative estimate of drug-likeness (QED) is 0.562. The van der Waals surface area contributed by atoms with Gasteiger partial charge in [-0.2, -0.15) is 16.3 Å². The molecule has 0 atom stereocenters. The minimum absolute atomic E-state index is 0.0745. The van der Waals surface area contributed by atoms with Crippen molar-refractivity contribution in [1.82, 2.24) is 9.97 Å². The highest BCUT2D eigenvalue weighted by Gasteiger charge is 2.10. The first kappa shape index (κ1) is 12.8. The number of hydrogen-bond acceptors (Lipinski definition) is 4. The molecule has 100 valence electrons. The summed E-state index contributed by atoms with van der Waals surface area (Å²) in [6.45, 7) is 0. The Morgan fingerprint density at radius 3 is 2.75 bits per heavy atom. The van der Waals surface area contributed by atoms with Crippen molar-refractivity contribution in [3.63, 3.8) is 0 Å². The van der Waals surface area contributed by atoms with Crippen LogP contribution in [0.2, 0.25) is 5.02 Å². The van der Waals surface area contributed by atoms with E-state index in [-0.39, 0.29) is 11.9 Å². The van der Waals surface area contributed by atoms with Crippen molar-refractivity contribution in [2.75, 3.05) is 0 Å². The Morgan fingerprint density at radius 1 is 1.20 bits per heavy atom. The van der Waals surface area contributed by atoms with E-state index in [1.54, 1.807) is 17.4 Å². The first-order valence-electron chi connectivity index (χ1n) is 5.73. The van der Waals surface area contributed by atoms with E-state index < -0.39 is 0 Å². The lowest BCUT2D eigenvalue weighted by atomic mass is 10.1. The molecule has 2 heterocycles. The number of benzene rings is 1. The molecule has 0 amide bonds. The monoisotopic (exact) mass is 303 g/mol. The molecular formula is C13H10ClN5S. The van der Waals surface area contributed by atoms with Gasteiger partial charge in [-0.15, -0.1) is 0 Å². The summed E-state index contributed by atoms with van der Waals surface area (Å²) < 4.78 is 0. The molecule has 7 heteroatoms. The number of aliphatic imine (C=N–C) groups is 1. The summed E-state index contributed by atoms with van der Waals surface area (Å²) in [4.78, 5) is 12.7. The number of fused-ring (bicyclic) bond motifs is 1. The largest absolute Gasteiger partial charge is 0.370 e. The van der Waals surface area contributed by atoms with Crippen molar-refractivity contribution >= 4 is 45.7 Å². The molecule has 5 nitrogen and oxygen atoms in total.